The van der Waals surface area contributed by atoms with Gasteiger partial charge in [0, 0.05) is 6.20 Å². The molecular weight excluding hydrogens is 98.1 g/mol. The quantitative estimate of drug-likeness (QED) is 0.460. The van der Waals surface area contributed by atoms with Gasteiger partial charge in [-0.25, -0.2) is 0 Å². The standard InChI is InChI=1S/C7H13N/c1-7(2,3)5-6-8-4/h5-6H,4H2,1-3H3. The topological polar surface area (TPSA) is 12.4 Å². The Balaban J connectivity index is 3.69. The van der Waals surface area contributed by atoms with Crippen LogP contribution < -0.4 is 0 Å². The van der Waals surface area contributed by atoms with E-state index >= 15 is 0 Å². The molecule has 0 N–H and O–H groups in total. The fourth-order valence-corrected chi connectivity index (χ4v) is 0.276. The lowest BCUT2D eigenvalue weighted by atomic mass is 9.97. The van der Waals surface area contributed by atoms with Gasteiger partial charge in [0.1, 0.15) is 0 Å². The van der Waals surface area contributed by atoms with E-state index in [1.54, 1.807) is 6.20 Å². The van der Waals surface area contributed by atoms with E-state index in [9.17, 15) is 0 Å². The van der Waals surface area contributed by atoms with Crippen molar-refractivity contribution in [2.45, 2.75) is 20.8 Å². The molecule has 8 heavy (non-hydrogen) atoms. The summed E-state index contributed by atoms with van der Waals surface area (Å²) in [7, 11) is 0. The molecule has 0 rings (SSSR count). The Hall–Kier alpha value is -0.590. The largest absolute Gasteiger partial charge is 0.273 e. The lowest BCUT2D eigenvalue weighted by Crippen LogP contribution is -1.97. The van der Waals surface area contributed by atoms with Gasteiger partial charge in [-0.2, -0.15) is 0 Å². The number of aliphatic imine (C=N–C) groups is 1. The van der Waals surface area contributed by atoms with E-state index in [2.05, 4.69) is 32.5 Å². The van der Waals surface area contributed by atoms with E-state index in [1.165, 1.54) is 0 Å². The molecule has 0 fully saturated rings. The highest BCUT2D eigenvalue weighted by Gasteiger charge is 2.01. The van der Waals surface area contributed by atoms with Crippen molar-refractivity contribution in [1.29, 1.82) is 0 Å². The molecule has 0 bridgehead atoms. The molecule has 46 valence electrons. The van der Waals surface area contributed by atoms with Crippen molar-refractivity contribution in [1.82, 2.24) is 0 Å². The third kappa shape index (κ3) is 5.41. The molecule has 0 aromatic heterocycles. The normalized spacial score (nSPS) is 12.4. The molecule has 1 nitrogen and oxygen atoms in total. The average Bonchev–Trinajstić information content (AvgIpc) is 1.59. The minimum Gasteiger partial charge on any atom is -0.273 e. The van der Waals surface area contributed by atoms with Gasteiger partial charge in [0.15, 0.2) is 0 Å². The average molecular weight is 111 g/mol. The first kappa shape index (κ1) is 7.41. The van der Waals surface area contributed by atoms with E-state index in [1.807, 2.05) is 6.08 Å². The smallest absolute Gasteiger partial charge is 0.0225 e. The van der Waals surface area contributed by atoms with Crippen LogP contribution in [-0.2, 0) is 0 Å². The molecule has 1 heteroatoms. The summed E-state index contributed by atoms with van der Waals surface area (Å²) >= 11 is 0. The molecule has 0 atom stereocenters. The van der Waals surface area contributed by atoms with Crippen LogP contribution in [0, 0.1) is 5.41 Å². The van der Waals surface area contributed by atoms with Crippen LogP contribution in [0.1, 0.15) is 20.8 Å². The summed E-state index contributed by atoms with van der Waals surface area (Å²) in [6, 6.07) is 0. The van der Waals surface area contributed by atoms with Crippen molar-refractivity contribution >= 4 is 6.72 Å². The first-order valence-corrected chi connectivity index (χ1v) is 2.70. The molecule has 0 saturated heterocycles. The van der Waals surface area contributed by atoms with Crippen LogP contribution in [0.5, 0.6) is 0 Å². The van der Waals surface area contributed by atoms with Crippen LogP contribution in [0.25, 0.3) is 0 Å². The zero-order valence-electron chi connectivity index (χ0n) is 5.81. The summed E-state index contributed by atoms with van der Waals surface area (Å²) in [5.74, 6) is 0. The highest BCUT2D eigenvalue weighted by molar-refractivity contribution is 5.25. The lowest BCUT2D eigenvalue weighted by molar-refractivity contribution is 0.543. The molecule has 0 aliphatic carbocycles. The first-order valence-electron chi connectivity index (χ1n) is 2.70. The van der Waals surface area contributed by atoms with Gasteiger partial charge < -0.3 is 0 Å². The Labute approximate surface area is 51.1 Å². The van der Waals surface area contributed by atoms with E-state index in [-0.39, 0.29) is 5.41 Å². The SMILES string of the molecule is C=NC=CC(C)(C)C. The van der Waals surface area contributed by atoms with E-state index in [0.717, 1.165) is 0 Å². The number of nitrogens with zero attached hydrogens (tertiary/aromatic N) is 1. The minimum absolute atomic E-state index is 0.237. The second-order valence-electron chi connectivity index (χ2n) is 2.86. The molecule has 0 aliphatic rings. The Morgan fingerprint density at radius 3 is 2.00 bits per heavy atom. The van der Waals surface area contributed by atoms with Gasteiger partial charge in [0.05, 0.1) is 0 Å². The number of allylic oxidation sites excluding steroid dienone is 1. The van der Waals surface area contributed by atoms with Crippen molar-refractivity contribution in [3.8, 4) is 0 Å². The zero-order valence-corrected chi connectivity index (χ0v) is 5.81. The molecule has 0 amide bonds. The van der Waals surface area contributed by atoms with Gasteiger partial charge in [-0.05, 0) is 12.1 Å². The second kappa shape index (κ2) is 2.65. The van der Waals surface area contributed by atoms with Crippen molar-refractivity contribution in [3.63, 3.8) is 0 Å². The second-order valence-corrected chi connectivity index (χ2v) is 2.86. The third-order valence-electron chi connectivity index (χ3n) is 0.680. The fourth-order valence-electron chi connectivity index (χ4n) is 0.276. The van der Waals surface area contributed by atoms with Crippen molar-refractivity contribution < 1.29 is 0 Å². The van der Waals surface area contributed by atoms with Gasteiger partial charge in [0.25, 0.3) is 0 Å². The first-order chi connectivity index (χ1) is 3.56. The van der Waals surface area contributed by atoms with Crippen LogP contribution in [0.15, 0.2) is 17.3 Å². The third-order valence-corrected chi connectivity index (χ3v) is 0.680. The summed E-state index contributed by atoms with van der Waals surface area (Å²) in [5, 5.41) is 0. The van der Waals surface area contributed by atoms with Crippen LogP contribution >= 0.6 is 0 Å². The number of rotatable bonds is 1. The Morgan fingerprint density at radius 1 is 1.38 bits per heavy atom. The molecule has 0 unspecified atom stereocenters. The molecule has 0 spiro atoms. The predicted molar refractivity (Wildman–Crippen MR) is 38.1 cm³/mol. The molecule has 0 aliphatic heterocycles. The Bertz CT molecular complexity index is 95.4. The summed E-state index contributed by atoms with van der Waals surface area (Å²) in [6.45, 7) is 9.69. The summed E-state index contributed by atoms with van der Waals surface area (Å²) in [5.41, 5.74) is 0.237. The molecule has 0 aromatic carbocycles. The maximum Gasteiger partial charge on any atom is 0.0225 e. The van der Waals surface area contributed by atoms with Crippen molar-refractivity contribution in [3.05, 3.63) is 12.3 Å². The van der Waals surface area contributed by atoms with Gasteiger partial charge in [-0.1, -0.05) is 26.8 Å². The molecule has 0 saturated carbocycles. The lowest BCUT2D eigenvalue weighted by Gasteiger charge is -2.09. The number of hydrogen-bond acceptors (Lipinski definition) is 1. The van der Waals surface area contributed by atoms with E-state index < -0.39 is 0 Å². The molecule has 0 radical (unpaired) electrons. The molecular formula is C7H13N. The maximum absolute atomic E-state index is 3.59. The highest BCUT2D eigenvalue weighted by atomic mass is 14.6. The van der Waals surface area contributed by atoms with Crippen molar-refractivity contribution in [2.75, 3.05) is 0 Å². The highest BCUT2D eigenvalue weighted by Crippen LogP contribution is 2.13. The van der Waals surface area contributed by atoms with Crippen LogP contribution in [0.3, 0.4) is 0 Å². The van der Waals surface area contributed by atoms with Crippen LogP contribution in [-0.4, -0.2) is 6.72 Å². The van der Waals surface area contributed by atoms with Crippen molar-refractivity contribution in [2.24, 2.45) is 10.4 Å². The van der Waals surface area contributed by atoms with E-state index in [4.69, 9.17) is 0 Å². The minimum atomic E-state index is 0.237. The maximum atomic E-state index is 3.59. The zero-order chi connectivity index (χ0) is 6.62. The predicted octanol–water partition coefficient (Wildman–Crippen LogP) is 2.25. The van der Waals surface area contributed by atoms with Gasteiger partial charge in [-0.3, -0.25) is 4.99 Å². The molecule has 0 aromatic rings. The summed E-state index contributed by atoms with van der Waals surface area (Å²) in [4.78, 5) is 3.59. The van der Waals surface area contributed by atoms with Gasteiger partial charge in [-0.15, -0.1) is 0 Å². The van der Waals surface area contributed by atoms with Crippen LogP contribution in [0.2, 0.25) is 0 Å². The molecule has 0 heterocycles. The van der Waals surface area contributed by atoms with E-state index in [0.29, 0.717) is 0 Å². The Kier molecular flexibility index (Phi) is 2.46. The Morgan fingerprint density at radius 2 is 1.88 bits per heavy atom. The fraction of sp³-hybridized carbons (Fsp3) is 0.571. The van der Waals surface area contributed by atoms with Gasteiger partial charge in [0.2, 0.25) is 0 Å². The number of hydrogen-bond donors (Lipinski definition) is 0. The van der Waals surface area contributed by atoms with Crippen LogP contribution in [0.4, 0.5) is 0 Å². The summed E-state index contributed by atoms with van der Waals surface area (Å²) in [6.07, 6.45) is 3.74. The summed E-state index contributed by atoms with van der Waals surface area (Å²) < 4.78 is 0. The monoisotopic (exact) mass is 111 g/mol. The van der Waals surface area contributed by atoms with Gasteiger partial charge >= 0.3 is 0 Å².